The summed E-state index contributed by atoms with van der Waals surface area (Å²) in [5.41, 5.74) is 11.2. The third-order valence-electron chi connectivity index (χ3n) is 2.80. The summed E-state index contributed by atoms with van der Waals surface area (Å²) in [6.07, 6.45) is 0. The number of nitro groups is 1. The molecule has 7 heteroatoms. The fraction of sp³-hybridized carbons (Fsp3) is 0.0714. The summed E-state index contributed by atoms with van der Waals surface area (Å²) < 4.78 is 5.50. The monoisotopic (exact) mass is 287 g/mol. The lowest BCUT2D eigenvalue weighted by Crippen LogP contribution is -2.11. The van der Waals surface area contributed by atoms with Crippen LogP contribution in [0.4, 0.5) is 5.69 Å². The Morgan fingerprint density at radius 1 is 1.24 bits per heavy atom. The fourth-order valence-corrected chi connectivity index (χ4v) is 1.76. The molecule has 0 aliphatic carbocycles. The van der Waals surface area contributed by atoms with E-state index in [2.05, 4.69) is 0 Å². The molecule has 1 amide bonds. The molecule has 0 heterocycles. The number of ether oxygens (including phenoxy) is 1. The third-order valence-corrected chi connectivity index (χ3v) is 2.80. The quantitative estimate of drug-likeness (QED) is 0.642. The van der Waals surface area contributed by atoms with Crippen LogP contribution in [-0.4, -0.2) is 10.8 Å². The molecule has 4 N–H and O–H groups in total. The molecule has 108 valence electrons. The van der Waals surface area contributed by atoms with Gasteiger partial charge < -0.3 is 16.2 Å². The number of nitrogens with zero attached hydrogens (tertiary/aromatic N) is 1. The van der Waals surface area contributed by atoms with E-state index < -0.39 is 10.8 Å². The van der Waals surface area contributed by atoms with Crippen molar-refractivity contribution in [2.75, 3.05) is 0 Å². The number of hydrogen-bond donors (Lipinski definition) is 2. The van der Waals surface area contributed by atoms with E-state index >= 15 is 0 Å². The second-order valence-corrected chi connectivity index (χ2v) is 4.26. The molecule has 0 atom stereocenters. The zero-order chi connectivity index (χ0) is 15.4. The lowest BCUT2D eigenvalue weighted by molar-refractivity contribution is -0.385. The molecular weight excluding hydrogens is 274 g/mol. The normalized spacial score (nSPS) is 10.1. The Morgan fingerprint density at radius 2 is 2.00 bits per heavy atom. The lowest BCUT2D eigenvalue weighted by atomic mass is 10.1. The maximum Gasteiger partial charge on any atom is 0.312 e. The van der Waals surface area contributed by atoms with Gasteiger partial charge in [-0.2, -0.15) is 0 Å². The van der Waals surface area contributed by atoms with Gasteiger partial charge in [0.1, 0.15) is 5.75 Å². The molecule has 2 aromatic rings. The van der Waals surface area contributed by atoms with Crippen molar-refractivity contribution >= 4 is 11.6 Å². The van der Waals surface area contributed by atoms with Gasteiger partial charge in [-0.1, -0.05) is 12.1 Å². The van der Waals surface area contributed by atoms with Crippen LogP contribution in [0.25, 0.3) is 0 Å². The van der Waals surface area contributed by atoms with E-state index in [0.29, 0.717) is 12.3 Å². The molecule has 2 aromatic carbocycles. The maximum atomic E-state index is 11.1. The number of nitro benzene ring substituents is 1. The van der Waals surface area contributed by atoms with Gasteiger partial charge in [-0.3, -0.25) is 14.9 Å². The smallest absolute Gasteiger partial charge is 0.312 e. The van der Waals surface area contributed by atoms with Gasteiger partial charge in [0.05, 0.1) is 4.92 Å². The summed E-state index contributed by atoms with van der Waals surface area (Å²) in [6, 6.07) is 10.7. The highest BCUT2D eigenvalue weighted by atomic mass is 16.6. The average Bonchev–Trinajstić information content (AvgIpc) is 2.47. The minimum absolute atomic E-state index is 0.0270. The number of carbonyl (C=O) groups is 1. The van der Waals surface area contributed by atoms with Crippen LogP contribution in [0.15, 0.2) is 42.5 Å². The van der Waals surface area contributed by atoms with Crippen LogP contribution in [-0.2, 0) is 6.54 Å². The van der Waals surface area contributed by atoms with Crippen molar-refractivity contribution in [1.29, 1.82) is 0 Å². The van der Waals surface area contributed by atoms with Crippen LogP contribution in [0.3, 0.4) is 0 Å². The van der Waals surface area contributed by atoms with E-state index in [1.54, 1.807) is 18.2 Å². The average molecular weight is 287 g/mol. The maximum absolute atomic E-state index is 11.1. The van der Waals surface area contributed by atoms with E-state index in [1.807, 2.05) is 6.07 Å². The second kappa shape index (κ2) is 6.02. The van der Waals surface area contributed by atoms with E-state index in [1.165, 1.54) is 12.1 Å². The number of benzene rings is 2. The van der Waals surface area contributed by atoms with Crippen molar-refractivity contribution in [3.05, 3.63) is 63.7 Å². The summed E-state index contributed by atoms with van der Waals surface area (Å²) in [7, 11) is 0. The van der Waals surface area contributed by atoms with Crippen LogP contribution in [0.5, 0.6) is 11.5 Å². The first kappa shape index (κ1) is 14.5. The van der Waals surface area contributed by atoms with Crippen LogP contribution in [0.2, 0.25) is 0 Å². The van der Waals surface area contributed by atoms with Crippen molar-refractivity contribution < 1.29 is 14.5 Å². The highest BCUT2D eigenvalue weighted by Crippen LogP contribution is 2.32. The summed E-state index contributed by atoms with van der Waals surface area (Å²) in [5.74, 6) is -0.290. The van der Waals surface area contributed by atoms with Crippen LogP contribution >= 0.6 is 0 Å². The first-order valence-corrected chi connectivity index (χ1v) is 6.06. The van der Waals surface area contributed by atoms with Gasteiger partial charge in [-0.05, 0) is 29.8 Å². The molecule has 0 saturated carbocycles. The number of amides is 1. The number of hydrogen-bond acceptors (Lipinski definition) is 5. The molecule has 0 aliphatic heterocycles. The number of primary amides is 1. The van der Waals surface area contributed by atoms with Gasteiger partial charge in [0.2, 0.25) is 11.7 Å². The first-order chi connectivity index (χ1) is 10.0. The molecule has 0 bridgehead atoms. The van der Waals surface area contributed by atoms with E-state index in [4.69, 9.17) is 16.2 Å². The third kappa shape index (κ3) is 3.34. The fourth-order valence-electron chi connectivity index (χ4n) is 1.76. The van der Waals surface area contributed by atoms with Crippen molar-refractivity contribution in [3.63, 3.8) is 0 Å². The zero-order valence-corrected chi connectivity index (χ0v) is 11.0. The molecule has 0 unspecified atom stereocenters. The molecule has 0 radical (unpaired) electrons. The SMILES string of the molecule is NCc1cccc(Oc2ccc(C(N)=O)cc2[N+](=O)[O-])c1. The van der Waals surface area contributed by atoms with Crippen molar-refractivity contribution in [1.82, 2.24) is 0 Å². The Hall–Kier alpha value is -2.93. The van der Waals surface area contributed by atoms with Gasteiger partial charge in [-0.15, -0.1) is 0 Å². The first-order valence-electron chi connectivity index (χ1n) is 6.06. The Morgan fingerprint density at radius 3 is 2.62 bits per heavy atom. The highest BCUT2D eigenvalue weighted by molar-refractivity contribution is 5.93. The Bertz CT molecular complexity index is 700. The number of carbonyl (C=O) groups excluding carboxylic acids is 1. The summed E-state index contributed by atoms with van der Waals surface area (Å²) >= 11 is 0. The predicted octanol–water partition coefficient (Wildman–Crippen LogP) is 1.94. The molecule has 0 saturated heterocycles. The molecule has 0 fully saturated rings. The lowest BCUT2D eigenvalue weighted by Gasteiger charge is -2.08. The van der Waals surface area contributed by atoms with Crippen LogP contribution in [0, 0.1) is 10.1 Å². The van der Waals surface area contributed by atoms with Crippen LogP contribution < -0.4 is 16.2 Å². The molecule has 7 nitrogen and oxygen atoms in total. The Kier molecular flexibility index (Phi) is 4.15. The van der Waals surface area contributed by atoms with Crippen molar-refractivity contribution in [3.8, 4) is 11.5 Å². The van der Waals surface area contributed by atoms with Gasteiger partial charge in [0, 0.05) is 18.2 Å². The second-order valence-electron chi connectivity index (χ2n) is 4.26. The largest absolute Gasteiger partial charge is 0.450 e. The molecule has 21 heavy (non-hydrogen) atoms. The Balaban J connectivity index is 2.38. The van der Waals surface area contributed by atoms with Crippen LogP contribution in [0.1, 0.15) is 15.9 Å². The number of rotatable bonds is 5. The van der Waals surface area contributed by atoms with Crippen molar-refractivity contribution in [2.45, 2.75) is 6.54 Å². The van der Waals surface area contributed by atoms with Gasteiger partial charge in [0.15, 0.2) is 0 Å². The zero-order valence-electron chi connectivity index (χ0n) is 11.0. The predicted molar refractivity (Wildman–Crippen MR) is 76.0 cm³/mol. The minimum atomic E-state index is -0.741. The molecule has 0 aliphatic rings. The van der Waals surface area contributed by atoms with E-state index in [0.717, 1.165) is 11.6 Å². The van der Waals surface area contributed by atoms with Gasteiger partial charge in [-0.25, -0.2) is 0 Å². The van der Waals surface area contributed by atoms with Gasteiger partial charge >= 0.3 is 5.69 Å². The molecule has 0 aromatic heterocycles. The molecule has 0 spiro atoms. The Labute approximate surface area is 120 Å². The molecular formula is C14H13N3O4. The topological polar surface area (TPSA) is 121 Å². The summed E-state index contributed by atoms with van der Waals surface area (Å²) in [5, 5.41) is 11.1. The minimum Gasteiger partial charge on any atom is -0.450 e. The van der Waals surface area contributed by atoms with Crippen molar-refractivity contribution in [2.24, 2.45) is 11.5 Å². The van der Waals surface area contributed by atoms with Gasteiger partial charge in [0.25, 0.3) is 0 Å². The standard InChI is InChI=1S/C14H13N3O4/c15-8-9-2-1-3-11(6-9)21-13-5-4-10(14(16)18)7-12(13)17(19)20/h1-7H,8,15H2,(H2,16,18). The summed E-state index contributed by atoms with van der Waals surface area (Å²) in [6.45, 7) is 0.333. The molecule has 2 rings (SSSR count). The number of nitrogens with two attached hydrogens (primary N) is 2. The summed E-state index contributed by atoms with van der Waals surface area (Å²) in [4.78, 5) is 21.5. The van der Waals surface area contributed by atoms with E-state index in [-0.39, 0.29) is 17.0 Å². The van der Waals surface area contributed by atoms with E-state index in [9.17, 15) is 14.9 Å². The highest BCUT2D eigenvalue weighted by Gasteiger charge is 2.18.